The number of aliphatic hydroxyl groups is 1. The second-order valence-corrected chi connectivity index (χ2v) is 7.37. The van der Waals surface area contributed by atoms with Gasteiger partial charge in [0.2, 0.25) is 5.91 Å². The number of fused-ring (bicyclic) bond motifs is 1. The molecule has 1 fully saturated rings. The van der Waals surface area contributed by atoms with Crippen molar-refractivity contribution in [2.45, 2.75) is 64.1 Å². The second kappa shape index (κ2) is 5.91. The van der Waals surface area contributed by atoms with Gasteiger partial charge in [-0.25, -0.2) is 0 Å². The summed E-state index contributed by atoms with van der Waals surface area (Å²) in [4.78, 5) is 12.6. The Morgan fingerprint density at radius 1 is 1.57 bits per heavy atom. The lowest BCUT2D eigenvalue weighted by Crippen LogP contribution is -2.68. The highest BCUT2D eigenvalue weighted by Gasteiger charge is 2.60. The first-order valence-electron chi connectivity index (χ1n) is 8.53. The van der Waals surface area contributed by atoms with Crippen LogP contribution in [-0.4, -0.2) is 46.1 Å². The number of aryl methyl sites for hydroxylation is 1. The van der Waals surface area contributed by atoms with Crippen LogP contribution in [0.2, 0.25) is 0 Å². The van der Waals surface area contributed by atoms with Crippen LogP contribution in [0.25, 0.3) is 0 Å². The smallest absolute Gasteiger partial charge is 0.227 e. The zero-order valence-electron chi connectivity index (χ0n) is 14.2. The Bertz CT molecular complexity index is 583. The van der Waals surface area contributed by atoms with Crippen molar-refractivity contribution in [1.82, 2.24) is 15.5 Å². The molecule has 2 aliphatic carbocycles. The number of carbonyl (C=O) groups is 1. The van der Waals surface area contributed by atoms with Gasteiger partial charge < -0.3 is 15.2 Å². The van der Waals surface area contributed by atoms with Crippen molar-refractivity contribution < 1.29 is 14.6 Å². The molecule has 23 heavy (non-hydrogen) atoms. The Labute approximate surface area is 137 Å². The largest absolute Gasteiger partial charge is 0.387 e. The van der Waals surface area contributed by atoms with Crippen molar-refractivity contribution in [3.8, 4) is 0 Å². The first kappa shape index (κ1) is 16.5. The van der Waals surface area contributed by atoms with Crippen LogP contribution in [0.3, 0.4) is 0 Å². The molecule has 0 spiro atoms. The Morgan fingerprint density at radius 2 is 2.35 bits per heavy atom. The van der Waals surface area contributed by atoms with Gasteiger partial charge >= 0.3 is 0 Å². The van der Waals surface area contributed by atoms with E-state index in [4.69, 9.17) is 4.74 Å². The van der Waals surface area contributed by atoms with Crippen LogP contribution >= 0.6 is 0 Å². The Morgan fingerprint density at radius 3 is 3.04 bits per heavy atom. The molecule has 6 heteroatoms. The summed E-state index contributed by atoms with van der Waals surface area (Å²) in [6, 6.07) is 0. The number of nitrogens with one attached hydrogen (secondary N) is 2. The minimum absolute atomic E-state index is 0.0172. The van der Waals surface area contributed by atoms with Crippen LogP contribution in [0.1, 0.15) is 57.2 Å². The number of carbonyl (C=O) groups excluding carboxylic acids is 1. The van der Waals surface area contributed by atoms with Crippen LogP contribution < -0.4 is 5.32 Å². The lowest BCUT2D eigenvalue weighted by molar-refractivity contribution is -0.238. The zero-order valence-corrected chi connectivity index (χ0v) is 14.2. The van der Waals surface area contributed by atoms with E-state index in [9.17, 15) is 9.90 Å². The molecule has 1 saturated carbocycles. The molecule has 1 heterocycles. The molecule has 3 N–H and O–H groups in total. The maximum atomic E-state index is 12.6. The van der Waals surface area contributed by atoms with Gasteiger partial charge in [0.05, 0.1) is 23.8 Å². The third-order valence-corrected chi connectivity index (χ3v) is 5.81. The normalized spacial score (nSPS) is 32.0. The van der Waals surface area contributed by atoms with E-state index in [0.29, 0.717) is 13.0 Å². The van der Waals surface area contributed by atoms with Gasteiger partial charge in [-0.3, -0.25) is 9.89 Å². The summed E-state index contributed by atoms with van der Waals surface area (Å²) < 4.78 is 5.66. The summed E-state index contributed by atoms with van der Waals surface area (Å²) in [6.07, 6.45) is 5.13. The molecule has 0 radical (unpaired) electrons. The fourth-order valence-electron chi connectivity index (χ4n) is 3.85. The number of amides is 1. The van der Waals surface area contributed by atoms with Crippen molar-refractivity contribution in [2.24, 2.45) is 5.41 Å². The molecular weight excluding hydrogens is 294 g/mol. The average molecular weight is 321 g/mol. The molecule has 128 valence electrons. The maximum Gasteiger partial charge on any atom is 0.227 e. The third kappa shape index (κ3) is 2.68. The quantitative estimate of drug-likeness (QED) is 0.767. The highest BCUT2D eigenvalue weighted by molar-refractivity contribution is 5.84. The van der Waals surface area contributed by atoms with Crippen LogP contribution in [0, 0.1) is 5.41 Å². The molecule has 3 unspecified atom stereocenters. The number of aromatic amines is 1. The van der Waals surface area contributed by atoms with Crippen LogP contribution in [0.4, 0.5) is 0 Å². The van der Waals surface area contributed by atoms with Gasteiger partial charge in [0.25, 0.3) is 0 Å². The van der Waals surface area contributed by atoms with Crippen LogP contribution in [0.15, 0.2) is 6.20 Å². The minimum atomic E-state index is -0.906. The summed E-state index contributed by atoms with van der Waals surface area (Å²) in [5.74, 6) is -0.177. The lowest BCUT2D eigenvalue weighted by atomic mass is 9.56. The predicted molar refractivity (Wildman–Crippen MR) is 86.0 cm³/mol. The summed E-state index contributed by atoms with van der Waals surface area (Å²) in [5.41, 5.74) is 0.802. The van der Waals surface area contributed by atoms with E-state index in [1.807, 2.05) is 20.8 Å². The van der Waals surface area contributed by atoms with E-state index in [2.05, 4.69) is 15.5 Å². The molecule has 0 aliphatic heterocycles. The number of aromatic nitrogens is 2. The number of nitrogens with zero attached hydrogens (tertiary/aromatic N) is 1. The van der Waals surface area contributed by atoms with Crippen molar-refractivity contribution in [1.29, 1.82) is 0 Å². The summed E-state index contributed by atoms with van der Waals surface area (Å²) >= 11 is 0. The van der Waals surface area contributed by atoms with E-state index < -0.39 is 5.60 Å². The Balaban J connectivity index is 1.61. The molecule has 1 aromatic heterocycles. The molecule has 0 aromatic carbocycles. The van der Waals surface area contributed by atoms with Crippen molar-refractivity contribution >= 4 is 5.91 Å². The lowest BCUT2D eigenvalue weighted by Gasteiger charge is -2.58. The molecule has 3 rings (SSSR count). The van der Waals surface area contributed by atoms with Crippen LogP contribution in [-0.2, 0) is 16.0 Å². The first-order valence-corrected chi connectivity index (χ1v) is 8.53. The molecule has 1 aromatic rings. The Hall–Kier alpha value is -1.40. The van der Waals surface area contributed by atoms with Crippen molar-refractivity contribution in [3.05, 3.63) is 17.5 Å². The van der Waals surface area contributed by atoms with Gasteiger partial charge in [-0.15, -0.1) is 0 Å². The van der Waals surface area contributed by atoms with Gasteiger partial charge in [-0.05, 0) is 26.2 Å². The average Bonchev–Trinajstić information content (AvgIpc) is 3.00. The second-order valence-electron chi connectivity index (χ2n) is 7.37. The molecule has 1 amide bonds. The fourth-order valence-corrected chi connectivity index (χ4v) is 3.85. The van der Waals surface area contributed by atoms with Gasteiger partial charge in [-0.2, -0.15) is 5.10 Å². The predicted octanol–water partition coefficient (Wildman–Crippen LogP) is 1.51. The zero-order chi connectivity index (χ0) is 16.7. The maximum absolute atomic E-state index is 12.6. The van der Waals surface area contributed by atoms with Gasteiger partial charge in [0, 0.05) is 36.2 Å². The number of hydrogen-bond donors (Lipinski definition) is 3. The van der Waals surface area contributed by atoms with E-state index in [-0.39, 0.29) is 29.9 Å². The molecule has 3 atom stereocenters. The fraction of sp³-hybridized carbons (Fsp3) is 0.765. The standard InChI is InChI=1S/C17H27N3O3/c1-4-23-14-8-17(22,16(14,2)3)10-18-15(21)11-6-5-7-13-12(11)9-19-20-13/h9,11,14,22H,4-8,10H2,1-3H3,(H,18,21)(H,19,20). The SMILES string of the molecule is CCOC1CC(O)(CNC(=O)C2CCCc3[nH]ncc32)C1(C)C. The number of rotatable bonds is 5. The topological polar surface area (TPSA) is 87.2 Å². The third-order valence-electron chi connectivity index (χ3n) is 5.81. The molecule has 0 bridgehead atoms. The van der Waals surface area contributed by atoms with E-state index in [1.165, 1.54) is 0 Å². The number of ether oxygens (including phenoxy) is 1. The summed E-state index contributed by atoms with van der Waals surface area (Å²) in [5, 5.41) is 20.8. The molecule has 2 aliphatic rings. The monoisotopic (exact) mass is 321 g/mol. The molecular formula is C17H27N3O3. The summed E-state index contributed by atoms with van der Waals surface area (Å²) in [6.45, 7) is 6.87. The number of hydrogen-bond acceptors (Lipinski definition) is 4. The number of H-pyrrole nitrogens is 1. The highest BCUT2D eigenvalue weighted by atomic mass is 16.5. The van der Waals surface area contributed by atoms with E-state index in [0.717, 1.165) is 30.5 Å². The molecule has 0 saturated heterocycles. The van der Waals surface area contributed by atoms with Gasteiger partial charge in [-0.1, -0.05) is 13.8 Å². The highest BCUT2D eigenvalue weighted by Crippen LogP contribution is 2.51. The van der Waals surface area contributed by atoms with E-state index in [1.54, 1.807) is 6.20 Å². The minimum Gasteiger partial charge on any atom is -0.387 e. The van der Waals surface area contributed by atoms with Crippen molar-refractivity contribution in [2.75, 3.05) is 13.2 Å². The van der Waals surface area contributed by atoms with E-state index >= 15 is 0 Å². The van der Waals surface area contributed by atoms with Gasteiger partial charge in [0.15, 0.2) is 0 Å². The van der Waals surface area contributed by atoms with Crippen molar-refractivity contribution in [3.63, 3.8) is 0 Å². The molecule has 6 nitrogen and oxygen atoms in total. The van der Waals surface area contributed by atoms with Crippen LogP contribution in [0.5, 0.6) is 0 Å². The Kier molecular flexibility index (Phi) is 4.23. The summed E-state index contributed by atoms with van der Waals surface area (Å²) in [7, 11) is 0. The first-order chi connectivity index (χ1) is 10.9. The van der Waals surface area contributed by atoms with Gasteiger partial charge in [0.1, 0.15) is 0 Å².